The summed E-state index contributed by atoms with van der Waals surface area (Å²) in [5.74, 6) is 0.881. The first-order valence-electron chi connectivity index (χ1n) is 6.74. The van der Waals surface area contributed by atoms with Crippen LogP contribution >= 0.6 is 0 Å². The highest BCUT2D eigenvalue weighted by molar-refractivity contribution is 6.13. The minimum Gasteiger partial charge on any atom is -0.493 e. The van der Waals surface area contributed by atoms with Gasteiger partial charge in [0.15, 0.2) is 17.8 Å². The van der Waals surface area contributed by atoms with Crippen LogP contribution in [0.5, 0.6) is 11.5 Å². The van der Waals surface area contributed by atoms with E-state index >= 15 is 0 Å². The molecule has 0 saturated carbocycles. The number of carbonyl (C=O) groups is 1. The maximum absolute atomic E-state index is 13.0. The molecule has 0 atom stereocenters. The SMILES string of the molecule is COc1cc(C)c(C=C(C=O)c2ccc(F)cc2)cc1OC. The highest BCUT2D eigenvalue weighted by Gasteiger charge is 2.09. The van der Waals surface area contributed by atoms with Crippen LogP contribution in [0.4, 0.5) is 4.39 Å². The summed E-state index contributed by atoms with van der Waals surface area (Å²) in [5, 5.41) is 0. The van der Waals surface area contributed by atoms with Gasteiger partial charge in [-0.15, -0.1) is 0 Å². The van der Waals surface area contributed by atoms with Gasteiger partial charge in [0.05, 0.1) is 14.2 Å². The number of hydrogen-bond donors (Lipinski definition) is 0. The lowest BCUT2D eigenvalue weighted by Crippen LogP contribution is -1.94. The number of ether oxygens (including phenoxy) is 2. The summed E-state index contributed by atoms with van der Waals surface area (Å²) in [4.78, 5) is 11.4. The molecular weight excluding hydrogens is 283 g/mol. The zero-order valence-electron chi connectivity index (χ0n) is 12.7. The molecule has 2 rings (SSSR count). The Labute approximate surface area is 129 Å². The highest BCUT2D eigenvalue weighted by Crippen LogP contribution is 2.32. The van der Waals surface area contributed by atoms with Crippen molar-refractivity contribution in [1.82, 2.24) is 0 Å². The van der Waals surface area contributed by atoms with E-state index in [1.54, 1.807) is 38.5 Å². The molecule has 0 heterocycles. The second kappa shape index (κ2) is 6.89. The molecule has 0 spiro atoms. The summed E-state index contributed by atoms with van der Waals surface area (Å²) < 4.78 is 23.5. The molecule has 0 bridgehead atoms. The standard InChI is InChI=1S/C18H17FO3/c1-12-8-17(21-2)18(22-3)10-14(12)9-15(11-20)13-4-6-16(19)7-5-13/h4-11H,1-3H3. The van der Waals surface area contributed by atoms with Crippen molar-refractivity contribution < 1.29 is 18.7 Å². The zero-order valence-corrected chi connectivity index (χ0v) is 12.7. The van der Waals surface area contributed by atoms with E-state index in [-0.39, 0.29) is 5.82 Å². The average molecular weight is 300 g/mol. The maximum atomic E-state index is 13.0. The van der Waals surface area contributed by atoms with Crippen LogP contribution in [0.1, 0.15) is 16.7 Å². The van der Waals surface area contributed by atoms with Crippen molar-refractivity contribution in [1.29, 1.82) is 0 Å². The Hall–Kier alpha value is -2.62. The van der Waals surface area contributed by atoms with Gasteiger partial charge in [-0.25, -0.2) is 4.39 Å². The second-order valence-corrected chi connectivity index (χ2v) is 4.79. The Balaban J connectivity index is 2.49. The van der Waals surface area contributed by atoms with Crippen molar-refractivity contribution in [2.24, 2.45) is 0 Å². The monoisotopic (exact) mass is 300 g/mol. The van der Waals surface area contributed by atoms with Gasteiger partial charge in [-0.2, -0.15) is 0 Å². The van der Waals surface area contributed by atoms with E-state index in [2.05, 4.69) is 0 Å². The quantitative estimate of drug-likeness (QED) is 0.477. The lowest BCUT2D eigenvalue weighted by Gasteiger charge is -2.11. The number of halogens is 1. The summed E-state index contributed by atoms with van der Waals surface area (Å²) in [6.07, 6.45) is 2.50. The van der Waals surface area contributed by atoms with Crippen LogP contribution in [0.25, 0.3) is 11.6 Å². The normalized spacial score (nSPS) is 11.2. The van der Waals surface area contributed by atoms with E-state index < -0.39 is 0 Å². The largest absolute Gasteiger partial charge is 0.493 e. The van der Waals surface area contributed by atoms with Crippen molar-refractivity contribution in [3.8, 4) is 11.5 Å². The third-order valence-corrected chi connectivity index (χ3v) is 3.39. The van der Waals surface area contributed by atoms with Crippen molar-refractivity contribution >= 4 is 17.9 Å². The number of aryl methyl sites for hydroxylation is 1. The fourth-order valence-corrected chi connectivity index (χ4v) is 2.15. The molecule has 0 amide bonds. The van der Waals surface area contributed by atoms with Gasteiger partial charge in [-0.3, -0.25) is 4.79 Å². The Bertz CT molecular complexity index is 703. The second-order valence-electron chi connectivity index (χ2n) is 4.79. The first-order chi connectivity index (χ1) is 10.6. The Morgan fingerprint density at radius 2 is 1.64 bits per heavy atom. The van der Waals surface area contributed by atoms with Gasteiger partial charge in [-0.1, -0.05) is 12.1 Å². The predicted molar refractivity (Wildman–Crippen MR) is 84.6 cm³/mol. The van der Waals surface area contributed by atoms with E-state index in [0.717, 1.165) is 17.4 Å². The lowest BCUT2D eigenvalue weighted by atomic mass is 10.0. The van der Waals surface area contributed by atoms with Gasteiger partial charge in [0.1, 0.15) is 5.82 Å². The number of benzene rings is 2. The molecule has 0 unspecified atom stereocenters. The first kappa shape index (κ1) is 15.8. The Kier molecular flexibility index (Phi) is 4.94. The molecule has 4 heteroatoms. The minimum absolute atomic E-state index is 0.337. The van der Waals surface area contributed by atoms with E-state index in [0.29, 0.717) is 22.6 Å². The Morgan fingerprint density at radius 3 is 2.18 bits per heavy atom. The van der Waals surface area contributed by atoms with Crippen molar-refractivity contribution in [3.05, 3.63) is 58.9 Å². The van der Waals surface area contributed by atoms with Gasteiger partial charge >= 0.3 is 0 Å². The maximum Gasteiger partial charge on any atom is 0.161 e. The number of allylic oxidation sites excluding steroid dienone is 1. The predicted octanol–water partition coefficient (Wildman–Crippen LogP) is 3.89. The van der Waals surface area contributed by atoms with E-state index in [1.165, 1.54) is 12.1 Å². The fourth-order valence-electron chi connectivity index (χ4n) is 2.15. The van der Waals surface area contributed by atoms with Crippen molar-refractivity contribution in [2.45, 2.75) is 6.92 Å². The van der Waals surface area contributed by atoms with Crippen LogP contribution in [0.2, 0.25) is 0 Å². The van der Waals surface area contributed by atoms with Crippen LogP contribution in [0.15, 0.2) is 36.4 Å². The van der Waals surface area contributed by atoms with Crippen LogP contribution in [-0.2, 0) is 4.79 Å². The van der Waals surface area contributed by atoms with Crippen molar-refractivity contribution in [3.63, 3.8) is 0 Å². The molecule has 0 saturated heterocycles. The number of hydrogen-bond acceptors (Lipinski definition) is 3. The summed E-state index contributed by atoms with van der Waals surface area (Å²) in [6, 6.07) is 9.46. The average Bonchev–Trinajstić information content (AvgIpc) is 2.54. The third-order valence-electron chi connectivity index (χ3n) is 3.39. The van der Waals surface area contributed by atoms with Crippen LogP contribution in [-0.4, -0.2) is 20.5 Å². The molecule has 2 aromatic carbocycles. The van der Waals surface area contributed by atoms with E-state index in [1.807, 2.05) is 13.0 Å². The molecule has 0 aliphatic heterocycles. The molecule has 22 heavy (non-hydrogen) atoms. The number of carbonyl (C=O) groups excluding carboxylic acids is 1. The van der Waals surface area contributed by atoms with Gasteiger partial charge in [-0.05, 0) is 54.0 Å². The zero-order chi connectivity index (χ0) is 16.1. The first-order valence-corrected chi connectivity index (χ1v) is 6.74. The molecule has 114 valence electrons. The van der Waals surface area contributed by atoms with Gasteiger partial charge in [0.25, 0.3) is 0 Å². The van der Waals surface area contributed by atoms with Crippen LogP contribution < -0.4 is 9.47 Å². The van der Waals surface area contributed by atoms with Crippen LogP contribution in [0, 0.1) is 12.7 Å². The number of methoxy groups -OCH3 is 2. The molecule has 2 aromatic rings. The highest BCUT2D eigenvalue weighted by atomic mass is 19.1. The van der Waals surface area contributed by atoms with Gasteiger partial charge in [0.2, 0.25) is 0 Å². The van der Waals surface area contributed by atoms with E-state index in [9.17, 15) is 9.18 Å². The van der Waals surface area contributed by atoms with Crippen LogP contribution in [0.3, 0.4) is 0 Å². The van der Waals surface area contributed by atoms with E-state index in [4.69, 9.17) is 9.47 Å². The molecule has 0 aromatic heterocycles. The molecule has 3 nitrogen and oxygen atoms in total. The number of rotatable bonds is 5. The van der Waals surface area contributed by atoms with Gasteiger partial charge < -0.3 is 9.47 Å². The molecule has 0 radical (unpaired) electrons. The van der Waals surface area contributed by atoms with Crippen molar-refractivity contribution in [2.75, 3.05) is 14.2 Å². The van der Waals surface area contributed by atoms with Gasteiger partial charge in [0, 0.05) is 5.57 Å². The summed E-state index contributed by atoms with van der Waals surface area (Å²) in [7, 11) is 3.13. The molecule has 0 fully saturated rings. The molecule has 0 aliphatic carbocycles. The Morgan fingerprint density at radius 1 is 1.05 bits per heavy atom. The number of aldehydes is 1. The molecule has 0 N–H and O–H groups in total. The topological polar surface area (TPSA) is 35.5 Å². The smallest absolute Gasteiger partial charge is 0.161 e. The summed E-state index contributed by atoms with van der Waals surface area (Å²) in [6.45, 7) is 1.92. The fraction of sp³-hybridized carbons (Fsp3) is 0.167. The summed E-state index contributed by atoms with van der Waals surface area (Å²) >= 11 is 0. The lowest BCUT2D eigenvalue weighted by molar-refractivity contribution is -0.103. The summed E-state index contributed by atoms with van der Waals surface area (Å²) in [5.41, 5.74) is 2.91. The molecule has 0 aliphatic rings. The third kappa shape index (κ3) is 3.34. The molecular formula is C18H17FO3. The minimum atomic E-state index is -0.337.